The van der Waals surface area contributed by atoms with Gasteiger partial charge < -0.3 is 30.9 Å². The maximum atomic E-state index is 9.20. The van der Waals surface area contributed by atoms with Crippen LogP contribution in [0.4, 0.5) is 0 Å². The lowest BCUT2D eigenvalue weighted by atomic mass is 9.98. The first-order valence-corrected chi connectivity index (χ1v) is 3.64. The van der Waals surface area contributed by atoms with E-state index in [9.17, 15) is 10.2 Å². The second-order valence-corrected chi connectivity index (χ2v) is 2.81. The van der Waals surface area contributed by atoms with Gasteiger partial charge in [-0.25, -0.2) is 0 Å². The molecule has 6 nitrogen and oxygen atoms in total. The third-order valence-electron chi connectivity index (χ3n) is 1.95. The topological polar surface area (TPSA) is 116 Å². The van der Waals surface area contributed by atoms with Crippen molar-refractivity contribution < 1.29 is 25.2 Å². The third kappa shape index (κ3) is 1.58. The van der Waals surface area contributed by atoms with Gasteiger partial charge in [-0.05, 0) is 0 Å². The van der Waals surface area contributed by atoms with Crippen molar-refractivity contribution in [2.75, 3.05) is 6.61 Å². The molecule has 5 atom stereocenters. The van der Waals surface area contributed by atoms with Crippen molar-refractivity contribution in [2.45, 2.75) is 30.6 Å². The van der Waals surface area contributed by atoms with Crippen LogP contribution in [0.15, 0.2) is 0 Å². The summed E-state index contributed by atoms with van der Waals surface area (Å²) < 4.78 is 4.70. The zero-order valence-corrected chi connectivity index (χ0v) is 6.37. The van der Waals surface area contributed by atoms with E-state index in [1.54, 1.807) is 0 Å². The molecule has 0 aromatic heterocycles. The normalized spacial score (nSPS) is 49.2. The van der Waals surface area contributed by atoms with Crippen LogP contribution in [0.5, 0.6) is 0 Å². The molecular weight excluding hydrogens is 166 g/mol. The van der Waals surface area contributed by atoms with Crippen molar-refractivity contribution >= 4 is 0 Å². The Morgan fingerprint density at radius 2 is 1.75 bits per heavy atom. The number of rotatable bonds is 1. The summed E-state index contributed by atoms with van der Waals surface area (Å²) in [6, 6.07) is -1.04. The highest BCUT2D eigenvalue weighted by atomic mass is 16.6. The Kier molecular flexibility index (Phi) is 2.99. The molecule has 1 heterocycles. The van der Waals surface area contributed by atoms with E-state index in [2.05, 4.69) is 0 Å². The molecule has 6 heteroatoms. The van der Waals surface area contributed by atoms with Gasteiger partial charge in [0.05, 0.1) is 12.6 Å². The number of ether oxygens (including phenoxy) is 1. The molecule has 0 spiro atoms. The Hall–Kier alpha value is -0.240. The van der Waals surface area contributed by atoms with Crippen LogP contribution in [0, 0.1) is 0 Å². The van der Waals surface area contributed by atoms with E-state index in [1.807, 2.05) is 0 Å². The molecule has 0 aromatic carbocycles. The lowest BCUT2D eigenvalue weighted by Crippen LogP contribution is -2.61. The minimum absolute atomic E-state index is 0.470. The van der Waals surface area contributed by atoms with Crippen molar-refractivity contribution in [3.63, 3.8) is 0 Å². The molecule has 72 valence electrons. The van der Waals surface area contributed by atoms with Crippen molar-refractivity contribution in [1.29, 1.82) is 0 Å². The van der Waals surface area contributed by atoms with Gasteiger partial charge in [0.25, 0.3) is 0 Å². The molecule has 0 bridgehead atoms. The van der Waals surface area contributed by atoms with Crippen molar-refractivity contribution in [2.24, 2.45) is 5.73 Å². The highest BCUT2D eigenvalue weighted by Gasteiger charge is 2.41. The molecule has 12 heavy (non-hydrogen) atoms. The number of hydrogen-bond donors (Lipinski definition) is 5. The van der Waals surface area contributed by atoms with Gasteiger partial charge in [-0.3, -0.25) is 0 Å². The van der Waals surface area contributed by atoms with Crippen molar-refractivity contribution in [3.05, 3.63) is 0 Å². The van der Waals surface area contributed by atoms with Gasteiger partial charge in [-0.15, -0.1) is 0 Å². The molecule has 1 saturated heterocycles. The van der Waals surface area contributed by atoms with Crippen LogP contribution in [0.2, 0.25) is 0 Å². The lowest BCUT2D eigenvalue weighted by Gasteiger charge is -2.38. The molecular formula is C6H13NO5. The lowest BCUT2D eigenvalue weighted by molar-refractivity contribution is -0.248. The maximum Gasteiger partial charge on any atom is 0.173 e. The maximum absolute atomic E-state index is 9.20. The zero-order chi connectivity index (χ0) is 9.30. The SMILES string of the molecule is N[C@@H]1C(O)[C@@H](O)C(CO)O[C@H]1O. The van der Waals surface area contributed by atoms with E-state index in [-0.39, 0.29) is 0 Å². The second-order valence-electron chi connectivity index (χ2n) is 2.81. The summed E-state index contributed by atoms with van der Waals surface area (Å²) in [5, 5.41) is 36.1. The van der Waals surface area contributed by atoms with Crippen LogP contribution in [0.3, 0.4) is 0 Å². The van der Waals surface area contributed by atoms with Gasteiger partial charge in [0, 0.05) is 0 Å². The molecule has 0 saturated carbocycles. The summed E-state index contributed by atoms with van der Waals surface area (Å²) in [4.78, 5) is 0. The number of nitrogens with two attached hydrogens (primary N) is 1. The van der Waals surface area contributed by atoms with Crippen LogP contribution < -0.4 is 5.73 Å². The van der Waals surface area contributed by atoms with Crippen molar-refractivity contribution in [1.82, 2.24) is 0 Å². The molecule has 6 N–H and O–H groups in total. The van der Waals surface area contributed by atoms with E-state index in [1.165, 1.54) is 0 Å². The van der Waals surface area contributed by atoms with Gasteiger partial charge >= 0.3 is 0 Å². The Bertz CT molecular complexity index is 150. The van der Waals surface area contributed by atoms with E-state index in [0.717, 1.165) is 0 Å². The van der Waals surface area contributed by atoms with Gasteiger partial charge in [0.2, 0.25) is 0 Å². The van der Waals surface area contributed by atoms with Crippen LogP contribution in [0.1, 0.15) is 0 Å². The molecule has 1 aliphatic rings. The number of hydrogen-bond acceptors (Lipinski definition) is 6. The zero-order valence-electron chi connectivity index (χ0n) is 6.37. The van der Waals surface area contributed by atoms with E-state index >= 15 is 0 Å². The summed E-state index contributed by atoms with van der Waals surface area (Å²) in [5.41, 5.74) is 5.26. The average molecular weight is 179 g/mol. The van der Waals surface area contributed by atoms with Gasteiger partial charge in [-0.2, -0.15) is 0 Å². The standard InChI is InChI=1S/C6H13NO5/c7-3-5(10)4(9)2(1-8)12-6(3)11/h2-6,8-11H,1,7H2/t2?,3-,4+,5?,6-/m1/s1. The first-order valence-electron chi connectivity index (χ1n) is 3.64. The fraction of sp³-hybridized carbons (Fsp3) is 1.00. The van der Waals surface area contributed by atoms with Crippen LogP contribution in [-0.4, -0.2) is 57.7 Å². The first-order chi connectivity index (χ1) is 5.57. The highest BCUT2D eigenvalue weighted by Crippen LogP contribution is 2.17. The monoisotopic (exact) mass is 179 g/mol. The molecule has 0 radical (unpaired) electrons. The Balaban J connectivity index is 2.63. The van der Waals surface area contributed by atoms with E-state index < -0.39 is 37.3 Å². The summed E-state index contributed by atoms with van der Waals surface area (Å²) in [5.74, 6) is 0. The Morgan fingerprint density at radius 3 is 2.25 bits per heavy atom. The van der Waals surface area contributed by atoms with Gasteiger partial charge in [-0.1, -0.05) is 0 Å². The fourth-order valence-electron chi connectivity index (χ4n) is 1.12. The molecule has 0 amide bonds. The number of aliphatic hydroxyl groups is 4. The average Bonchev–Trinajstić information content (AvgIpc) is 2.08. The van der Waals surface area contributed by atoms with Crippen molar-refractivity contribution in [3.8, 4) is 0 Å². The minimum Gasteiger partial charge on any atom is -0.394 e. The van der Waals surface area contributed by atoms with Crippen LogP contribution in [0.25, 0.3) is 0 Å². The summed E-state index contributed by atoms with van der Waals surface area (Å²) in [6.45, 7) is -0.470. The summed E-state index contributed by atoms with van der Waals surface area (Å²) in [7, 11) is 0. The van der Waals surface area contributed by atoms with Crippen LogP contribution >= 0.6 is 0 Å². The Labute approximate surface area is 69.2 Å². The molecule has 0 aliphatic carbocycles. The predicted molar refractivity (Wildman–Crippen MR) is 38.0 cm³/mol. The molecule has 2 unspecified atom stereocenters. The van der Waals surface area contributed by atoms with Gasteiger partial charge in [0.15, 0.2) is 6.29 Å². The number of aliphatic hydroxyl groups excluding tert-OH is 4. The predicted octanol–water partition coefficient (Wildman–Crippen LogP) is -3.26. The van der Waals surface area contributed by atoms with Crippen LogP contribution in [-0.2, 0) is 4.74 Å². The summed E-state index contributed by atoms with van der Waals surface area (Å²) >= 11 is 0. The molecule has 1 aliphatic heterocycles. The fourth-order valence-corrected chi connectivity index (χ4v) is 1.12. The summed E-state index contributed by atoms with van der Waals surface area (Å²) in [6.07, 6.45) is -4.85. The molecule has 0 aromatic rings. The quantitative estimate of drug-likeness (QED) is 0.288. The Morgan fingerprint density at radius 1 is 1.17 bits per heavy atom. The van der Waals surface area contributed by atoms with E-state index in [0.29, 0.717) is 0 Å². The smallest absolute Gasteiger partial charge is 0.173 e. The molecule has 1 fully saturated rings. The minimum atomic E-state index is -1.35. The largest absolute Gasteiger partial charge is 0.394 e. The third-order valence-corrected chi connectivity index (χ3v) is 1.95. The molecule has 1 rings (SSSR count). The highest BCUT2D eigenvalue weighted by molar-refractivity contribution is 4.90. The van der Waals surface area contributed by atoms with E-state index in [4.69, 9.17) is 20.7 Å². The second kappa shape index (κ2) is 3.65. The van der Waals surface area contributed by atoms with Gasteiger partial charge in [0.1, 0.15) is 18.3 Å². The first kappa shape index (κ1) is 9.85.